The Kier molecular flexibility index (Phi) is 6.53. The van der Waals surface area contributed by atoms with Crippen LogP contribution in [0.25, 0.3) is 99.8 Å². The van der Waals surface area contributed by atoms with Crippen molar-refractivity contribution in [3.8, 4) is 34.0 Å². The van der Waals surface area contributed by atoms with Gasteiger partial charge in [0, 0.05) is 50.9 Å². The van der Waals surface area contributed by atoms with Gasteiger partial charge in [0.15, 0.2) is 0 Å². The first-order chi connectivity index (χ1) is 27.8. The van der Waals surface area contributed by atoms with Gasteiger partial charge in [-0.3, -0.25) is 28.2 Å². The molecule has 0 atom stereocenters. The van der Waals surface area contributed by atoms with Crippen LogP contribution < -0.4 is 0 Å². The van der Waals surface area contributed by atoms with Crippen LogP contribution in [0.5, 0.6) is 0 Å². The van der Waals surface area contributed by atoms with Crippen molar-refractivity contribution < 1.29 is 0 Å². The molecule has 6 aromatic heterocycles. The summed E-state index contributed by atoms with van der Waals surface area (Å²) in [5.41, 5.74) is 13.8. The minimum atomic E-state index is 0.904. The predicted octanol–water partition coefficient (Wildman–Crippen LogP) is 12.2. The fourth-order valence-electron chi connectivity index (χ4n) is 8.99. The van der Waals surface area contributed by atoms with Crippen LogP contribution in [0, 0.1) is 0 Å². The molecule has 12 rings (SSSR count). The average molecular weight is 717 g/mol. The van der Waals surface area contributed by atoms with E-state index in [1.807, 2.05) is 24.5 Å². The van der Waals surface area contributed by atoms with Crippen molar-refractivity contribution in [3.05, 3.63) is 194 Å². The van der Waals surface area contributed by atoms with E-state index in [9.17, 15) is 0 Å². The highest BCUT2D eigenvalue weighted by Gasteiger charge is 2.26. The molecule has 0 N–H and O–H groups in total. The monoisotopic (exact) mass is 716 g/mol. The molecule has 0 aliphatic heterocycles. The first-order valence-electron chi connectivity index (χ1n) is 18.9. The minimum absolute atomic E-state index is 0.904. The quantitative estimate of drug-likeness (QED) is 0.178. The molecule has 0 unspecified atom stereocenters. The second-order valence-electron chi connectivity index (χ2n) is 14.3. The second-order valence-corrected chi connectivity index (χ2v) is 14.3. The number of pyridine rings is 2. The summed E-state index contributed by atoms with van der Waals surface area (Å²) in [7, 11) is 0. The summed E-state index contributed by atoms with van der Waals surface area (Å²) in [5.74, 6) is 0. The molecular formula is C50H32N6. The van der Waals surface area contributed by atoms with Gasteiger partial charge in [0.1, 0.15) is 11.3 Å². The molecule has 0 aliphatic rings. The molecule has 262 valence electrons. The first-order valence-corrected chi connectivity index (χ1v) is 18.9. The Morgan fingerprint density at radius 2 is 0.768 bits per heavy atom. The highest BCUT2D eigenvalue weighted by atomic mass is 15.2. The van der Waals surface area contributed by atoms with Gasteiger partial charge >= 0.3 is 0 Å². The van der Waals surface area contributed by atoms with Crippen molar-refractivity contribution in [2.75, 3.05) is 0 Å². The van der Waals surface area contributed by atoms with Crippen molar-refractivity contribution in [2.45, 2.75) is 0 Å². The van der Waals surface area contributed by atoms with Gasteiger partial charge in [0.2, 0.25) is 0 Å². The van der Waals surface area contributed by atoms with Crippen molar-refractivity contribution in [1.82, 2.24) is 28.2 Å². The molecule has 6 heteroatoms. The molecule has 6 heterocycles. The summed E-state index contributed by atoms with van der Waals surface area (Å²) in [6.07, 6.45) is 3.78. The first kappa shape index (κ1) is 30.7. The van der Waals surface area contributed by atoms with E-state index in [1.54, 1.807) is 0 Å². The Hall–Kier alpha value is -7.70. The zero-order valence-corrected chi connectivity index (χ0v) is 30.2. The van der Waals surface area contributed by atoms with Gasteiger partial charge in [-0.1, -0.05) is 97.1 Å². The fourth-order valence-corrected chi connectivity index (χ4v) is 8.99. The lowest BCUT2D eigenvalue weighted by Crippen LogP contribution is -2.05. The van der Waals surface area contributed by atoms with E-state index in [4.69, 9.17) is 9.97 Å². The Morgan fingerprint density at radius 1 is 0.321 bits per heavy atom. The van der Waals surface area contributed by atoms with E-state index in [0.29, 0.717) is 0 Å². The van der Waals surface area contributed by atoms with Gasteiger partial charge in [-0.05, 0) is 84.9 Å². The topological polar surface area (TPSA) is 45.5 Å². The molecule has 0 aliphatic carbocycles. The lowest BCUT2D eigenvalue weighted by Gasteiger charge is -2.17. The molecule has 56 heavy (non-hydrogen) atoms. The van der Waals surface area contributed by atoms with Crippen molar-refractivity contribution in [2.24, 2.45) is 0 Å². The molecule has 0 bridgehead atoms. The van der Waals surface area contributed by atoms with Gasteiger partial charge in [-0.2, -0.15) is 0 Å². The number of benzene rings is 6. The Morgan fingerprint density at radius 3 is 1.34 bits per heavy atom. The van der Waals surface area contributed by atoms with Gasteiger partial charge in [-0.15, -0.1) is 0 Å². The summed E-state index contributed by atoms with van der Waals surface area (Å²) in [6, 6.07) is 64.8. The van der Waals surface area contributed by atoms with Crippen molar-refractivity contribution in [1.29, 1.82) is 0 Å². The number of rotatable bonds is 5. The molecule has 0 radical (unpaired) electrons. The molecular weight excluding hydrogens is 685 g/mol. The molecule has 12 aromatic rings. The van der Waals surface area contributed by atoms with Crippen LogP contribution in [-0.2, 0) is 0 Å². The summed E-state index contributed by atoms with van der Waals surface area (Å²) in [4.78, 5) is 9.96. The number of nitrogens with zero attached hydrogens (tertiary/aromatic N) is 6. The van der Waals surface area contributed by atoms with Gasteiger partial charge in [-0.25, -0.2) is 0 Å². The molecule has 0 spiro atoms. The van der Waals surface area contributed by atoms with Crippen LogP contribution >= 0.6 is 0 Å². The van der Waals surface area contributed by atoms with Crippen LogP contribution in [0.3, 0.4) is 0 Å². The van der Waals surface area contributed by atoms with Crippen LogP contribution in [-0.4, -0.2) is 28.2 Å². The number of aromatic nitrogens is 6. The molecule has 6 nitrogen and oxygen atoms in total. The Bertz CT molecular complexity index is 3250. The second kappa shape index (κ2) is 11.9. The van der Waals surface area contributed by atoms with Crippen LogP contribution in [0.2, 0.25) is 0 Å². The standard InChI is InChI=1S/C50H32N6/c1-3-16-34(17-4-1)53-42-24-10-7-20-38(42)46-39-21-8-11-25-43(39)55(49(46)53)36-30-33(41-23-13-14-28-51-41)31-37(32-36)56-45-27-15-29-52-48(45)47-40-22-9-12-26-44(40)54(50(47)56)35-18-5-2-6-19-35/h1-32H. The largest absolute Gasteiger partial charge is 0.295 e. The third-order valence-electron chi connectivity index (χ3n) is 11.2. The molecule has 6 aromatic carbocycles. The van der Waals surface area contributed by atoms with Crippen molar-refractivity contribution in [3.63, 3.8) is 0 Å². The summed E-state index contributed by atoms with van der Waals surface area (Å²) in [5, 5.41) is 5.95. The van der Waals surface area contributed by atoms with E-state index >= 15 is 0 Å². The minimum Gasteiger partial charge on any atom is -0.295 e. The lowest BCUT2D eigenvalue weighted by atomic mass is 10.1. The van der Waals surface area contributed by atoms with Gasteiger partial charge in [0.25, 0.3) is 0 Å². The average Bonchev–Trinajstić information content (AvgIpc) is 3.99. The Labute approximate surface area is 321 Å². The Balaban J connectivity index is 1.27. The van der Waals surface area contributed by atoms with Crippen LogP contribution in [0.4, 0.5) is 0 Å². The normalized spacial score (nSPS) is 11.9. The number of hydrogen-bond donors (Lipinski definition) is 0. The fraction of sp³-hybridized carbons (Fsp3) is 0. The van der Waals surface area contributed by atoms with E-state index in [2.05, 4.69) is 188 Å². The van der Waals surface area contributed by atoms with Crippen LogP contribution in [0.15, 0.2) is 194 Å². The van der Waals surface area contributed by atoms with Gasteiger partial charge < -0.3 is 0 Å². The zero-order chi connectivity index (χ0) is 36.7. The number of fused-ring (bicyclic) bond motifs is 10. The third-order valence-corrected chi connectivity index (χ3v) is 11.2. The molecule has 0 fully saturated rings. The lowest BCUT2D eigenvalue weighted by molar-refractivity contribution is 1.04. The van der Waals surface area contributed by atoms with Crippen molar-refractivity contribution >= 4 is 65.8 Å². The highest BCUT2D eigenvalue weighted by molar-refractivity contribution is 6.23. The molecule has 0 amide bonds. The van der Waals surface area contributed by atoms with Crippen LogP contribution in [0.1, 0.15) is 0 Å². The summed E-state index contributed by atoms with van der Waals surface area (Å²) >= 11 is 0. The number of para-hydroxylation sites is 5. The number of hydrogen-bond acceptors (Lipinski definition) is 2. The third kappa shape index (κ3) is 4.32. The van der Waals surface area contributed by atoms with E-state index < -0.39 is 0 Å². The molecule has 0 saturated carbocycles. The predicted molar refractivity (Wildman–Crippen MR) is 230 cm³/mol. The zero-order valence-electron chi connectivity index (χ0n) is 30.2. The van der Waals surface area contributed by atoms with Gasteiger partial charge in [0.05, 0.1) is 50.0 Å². The maximum atomic E-state index is 5.06. The maximum absolute atomic E-state index is 5.06. The molecule has 0 saturated heterocycles. The smallest absolute Gasteiger partial charge is 0.133 e. The summed E-state index contributed by atoms with van der Waals surface area (Å²) < 4.78 is 9.64. The maximum Gasteiger partial charge on any atom is 0.133 e. The summed E-state index contributed by atoms with van der Waals surface area (Å²) in [6.45, 7) is 0. The van der Waals surface area contributed by atoms with E-state index in [0.717, 1.165) is 72.8 Å². The van der Waals surface area contributed by atoms with E-state index in [-0.39, 0.29) is 0 Å². The highest BCUT2D eigenvalue weighted by Crippen LogP contribution is 2.44. The SMILES string of the molecule is c1ccc(-n2c3ccccc3c3c4ccccc4n(-c4cc(-c5ccccn5)cc(-n5c6cccnc6c6c7ccccc7n(-c7ccccc7)c65)c4)c32)cc1. The van der Waals surface area contributed by atoms with E-state index in [1.165, 1.54) is 27.1 Å².